The zero-order valence-electron chi connectivity index (χ0n) is 11.4. The van der Waals surface area contributed by atoms with Gasteiger partial charge in [-0.15, -0.1) is 12.4 Å². The van der Waals surface area contributed by atoms with Gasteiger partial charge in [0.25, 0.3) is 0 Å². The number of nitrogens with one attached hydrogen (secondary N) is 1. The molecule has 2 aromatic rings. The standard InChI is InChI=1S/C15H16ClFN2O.ClH/c16-13-4-3-11(17)10-12(13)15(14-2-1-9-20-14)19-7-5-18-6-8-19;/h1-4,9-10,15,18H,5-8H2;1H/t15-;/m1./s1. The average Bonchev–Trinajstić information content (AvgIpc) is 2.98. The molecule has 1 atom stereocenters. The van der Waals surface area contributed by atoms with Crippen molar-refractivity contribution in [2.75, 3.05) is 26.2 Å². The molecule has 6 heteroatoms. The van der Waals surface area contributed by atoms with Gasteiger partial charge < -0.3 is 9.73 Å². The van der Waals surface area contributed by atoms with Gasteiger partial charge in [0.15, 0.2) is 0 Å². The predicted octanol–water partition coefficient (Wildman–Crippen LogP) is 3.49. The second-order valence-corrected chi connectivity index (χ2v) is 5.28. The fraction of sp³-hybridized carbons (Fsp3) is 0.333. The molecule has 0 aliphatic carbocycles. The maximum atomic E-state index is 13.6. The van der Waals surface area contributed by atoms with E-state index in [4.69, 9.17) is 16.0 Å². The molecular weight excluding hydrogens is 314 g/mol. The van der Waals surface area contributed by atoms with Gasteiger partial charge in [0.2, 0.25) is 0 Å². The molecule has 114 valence electrons. The van der Waals surface area contributed by atoms with Gasteiger partial charge in [-0.2, -0.15) is 0 Å². The Balaban J connectivity index is 0.00000161. The van der Waals surface area contributed by atoms with Gasteiger partial charge in [-0.1, -0.05) is 11.6 Å². The van der Waals surface area contributed by atoms with E-state index in [2.05, 4.69) is 10.2 Å². The molecule has 0 unspecified atom stereocenters. The summed E-state index contributed by atoms with van der Waals surface area (Å²) >= 11 is 6.28. The zero-order valence-corrected chi connectivity index (χ0v) is 13.0. The quantitative estimate of drug-likeness (QED) is 0.933. The second kappa shape index (κ2) is 7.27. The Morgan fingerprint density at radius 2 is 2.00 bits per heavy atom. The predicted molar refractivity (Wildman–Crippen MR) is 83.7 cm³/mol. The number of hydrogen-bond acceptors (Lipinski definition) is 3. The largest absolute Gasteiger partial charge is 0.467 e. The summed E-state index contributed by atoms with van der Waals surface area (Å²) in [6.07, 6.45) is 1.64. The third kappa shape index (κ3) is 3.58. The molecule has 1 aromatic heterocycles. The SMILES string of the molecule is Cl.Fc1ccc(Cl)c([C@H](c2ccco2)N2CCNCC2)c1. The molecule has 3 nitrogen and oxygen atoms in total. The van der Waals surface area contributed by atoms with Gasteiger partial charge in [0.05, 0.1) is 12.3 Å². The Hall–Kier alpha value is -1.07. The lowest BCUT2D eigenvalue weighted by atomic mass is 10.0. The highest BCUT2D eigenvalue weighted by molar-refractivity contribution is 6.31. The molecule has 0 bridgehead atoms. The number of halogens is 3. The minimum absolute atomic E-state index is 0. The van der Waals surface area contributed by atoms with Crippen LogP contribution in [0.2, 0.25) is 5.02 Å². The van der Waals surface area contributed by atoms with Gasteiger partial charge in [-0.25, -0.2) is 4.39 Å². The topological polar surface area (TPSA) is 28.4 Å². The number of hydrogen-bond donors (Lipinski definition) is 1. The summed E-state index contributed by atoms with van der Waals surface area (Å²) in [4.78, 5) is 2.26. The van der Waals surface area contributed by atoms with E-state index in [1.54, 1.807) is 12.3 Å². The lowest BCUT2D eigenvalue weighted by Crippen LogP contribution is -2.45. The van der Waals surface area contributed by atoms with Crippen LogP contribution in [-0.4, -0.2) is 31.1 Å². The highest BCUT2D eigenvalue weighted by Gasteiger charge is 2.28. The van der Waals surface area contributed by atoms with Crippen LogP contribution in [0.5, 0.6) is 0 Å². The van der Waals surface area contributed by atoms with E-state index in [1.807, 2.05) is 12.1 Å². The Morgan fingerprint density at radius 3 is 2.67 bits per heavy atom. The van der Waals surface area contributed by atoms with Crippen molar-refractivity contribution in [2.45, 2.75) is 6.04 Å². The molecule has 1 N–H and O–H groups in total. The molecule has 1 fully saturated rings. The third-order valence-corrected chi connectivity index (χ3v) is 3.93. The third-order valence-electron chi connectivity index (χ3n) is 3.58. The lowest BCUT2D eigenvalue weighted by Gasteiger charge is -2.34. The van der Waals surface area contributed by atoms with E-state index in [9.17, 15) is 4.39 Å². The van der Waals surface area contributed by atoms with Crippen LogP contribution >= 0.6 is 24.0 Å². The van der Waals surface area contributed by atoms with Crippen molar-refractivity contribution < 1.29 is 8.81 Å². The normalized spacial score (nSPS) is 17.2. The van der Waals surface area contributed by atoms with E-state index in [0.29, 0.717) is 5.02 Å². The minimum Gasteiger partial charge on any atom is -0.467 e. The van der Waals surface area contributed by atoms with Crippen molar-refractivity contribution in [1.29, 1.82) is 0 Å². The van der Waals surface area contributed by atoms with Crippen molar-refractivity contribution in [2.24, 2.45) is 0 Å². The van der Waals surface area contributed by atoms with Crippen molar-refractivity contribution in [1.82, 2.24) is 10.2 Å². The Kier molecular flexibility index (Phi) is 5.65. The van der Waals surface area contributed by atoms with E-state index in [1.165, 1.54) is 12.1 Å². The molecule has 0 saturated carbocycles. The fourth-order valence-electron chi connectivity index (χ4n) is 2.64. The average molecular weight is 331 g/mol. The molecule has 2 heterocycles. The molecule has 0 spiro atoms. The first-order valence-corrected chi connectivity index (χ1v) is 7.06. The van der Waals surface area contributed by atoms with E-state index in [-0.39, 0.29) is 24.3 Å². The zero-order chi connectivity index (χ0) is 13.9. The van der Waals surface area contributed by atoms with Crippen molar-refractivity contribution >= 4 is 24.0 Å². The molecule has 1 aromatic carbocycles. The maximum Gasteiger partial charge on any atom is 0.125 e. The molecular formula is C15H17Cl2FN2O. The molecule has 3 rings (SSSR count). The first-order valence-electron chi connectivity index (χ1n) is 6.69. The van der Waals surface area contributed by atoms with Crippen LogP contribution in [0.1, 0.15) is 17.4 Å². The van der Waals surface area contributed by atoms with Crippen LogP contribution in [0.3, 0.4) is 0 Å². The van der Waals surface area contributed by atoms with E-state index >= 15 is 0 Å². The highest BCUT2D eigenvalue weighted by atomic mass is 35.5. The summed E-state index contributed by atoms with van der Waals surface area (Å²) in [5, 5.41) is 3.87. The Bertz CT molecular complexity index is 571. The minimum atomic E-state index is -0.281. The van der Waals surface area contributed by atoms with Crippen LogP contribution in [-0.2, 0) is 0 Å². The summed E-state index contributed by atoms with van der Waals surface area (Å²) < 4.78 is 19.2. The Labute approximate surface area is 134 Å². The summed E-state index contributed by atoms with van der Waals surface area (Å²) in [7, 11) is 0. The van der Waals surface area contributed by atoms with Crippen LogP contribution < -0.4 is 5.32 Å². The summed E-state index contributed by atoms with van der Waals surface area (Å²) in [5.41, 5.74) is 0.753. The van der Waals surface area contributed by atoms with Crippen LogP contribution in [0.25, 0.3) is 0 Å². The van der Waals surface area contributed by atoms with Crippen molar-refractivity contribution in [3.63, 3.8) is 0 Å². The van der Waals surface area contributed by atoms with Gasteiger partial charge in [-0.05, 0) is 35.9 Å². The number of piperazine rings is 1. The van der Waals surface area contributed by atoms with Gasteiger partial charge in [0.1, 0.15) is 11.6 Å². The van der Waals surface area contributed by atoms with Crippen LogP contribution in [0, 0.1) is 5.82 Å². The molecule has 1 aliphatic heterocycles. The Morgan fingerprint density at radius 1 is 1.24 bits per heavy atom. The first-order chi connectivity index (χ1) is 9.75. The fourth-order valence-corrected chi connectivity index (χ4v) is 2.86. The van der Waals surface area contributed by atoms with Gasteiger partial charge in [0, 0.05) is 31.2 Å². The number of nitrogens with zero attached hydrogens (tertiary/aromatic N) is 1. The van der Waals surface area contributed by atoms with E-state index in [0.717, 1.165) is 37.5 Å². The maximum absolute atomic E-state index is 13.6. The monoisotopic (exact) mass is 330 g/mol. The summed E-state index contributed by atoms with van der Waals surface area (Å²) in [6, 6.07) is 8.09. The van der Waals surface area contributed by atoms with Gasteiger partial charge >= 0.3 is 0 Å². The number of benzene rings is 1. The molecule has 1 aliphatic rings. The van der Waals surface area contributed by atoms with Crippen molar-refractivity contribution in [3.05, 3.63) is 58.8 Å². The van der Waals surface area contributed by atoms with Crippen LogP contribution in [0.15, 0.2) is 41.0 Å². The number of furan rings is 1. The lowest BCUT2D eigenvalue weighted by molar-refractivity contribution is 0.180. The van der Waals surface area contributed by atoms with E-state index < -0.39 is 0 Å². The smallest absolute Gasteiger partial charge is 0.125 e. The van der Waals surface area contributed by atoms with Crippen molar-refractivity contribution in [3.8, 4) is 0 Å². The molecule has 21 heavy (non-hydrogen) atoms. The van der Waals surface area contributed by atoms with Gasteiger partial charge in [-0.3, -0.25) is 4.90 Å². The first kappa shape index (κ1) is 16.3. The summed E-state index contributed by atoms with van der Waals surface area (Å²) in [6.45, 7) is 3.56. The second-order valence-electron chi connectivity index (χ2n) is 4.87. The molecule has 0 radical (unpaired) electrons. The number of rotatable bonds is 3. The van der Waals surface area contributed by atoms with Crippen LogP contribution in [0.4, 0.5) is 4.39 Å². The highest BCUT2D eigenvalue weighted by Crippen LogP contribution is 2.34. The molecule has 0 amide bonds. The molecule has 1 saturated heterocycles. The summed E-state index contributed by atoms with van der Waals surface area (Å²) in [5.74, 6) is 0.510.